The highest BCUT2D eigenvalue weighted by Gasteiger charge is 2.25. The molecular formula is C15H22O2. The van der Waals surface area contributed by atoms with Crippen molar-refractivity contribution in [3.63, 3.8) is 0 Å². The lowest BCUT2D eigenvalue weighted by molar-refractivity contribution is -0.126. The molecule has 1 N–H and O–H groups in total. The molecule has 1 aromatic rings. The van der Waals surface area contributed by atoms with Gasteiger partial charge in [0.15, 0.2) is 0 Å². The predicted octanol–water partition coefficient (Wildman–Crippen LogP) is 3.16. The van der Waals surface area contributed by atoms with E-state index in [1.165, 1.54) is 0 Å². The van der Waals surface area contributed by atoms with Crippen LogP contribution in [-0.4, -0.2) is 17.5 Å². The Morgan fingerprint density at radius 2 is 1.82 bits per heavy atom. The van der Waals surface area contributed by atoms with Gasteiger partial charge in [-0.3, -0.25) is 4.79 Å². The van der Waals surface area contributed by atoms with Crippen molar-refractivity contribution >= 4 is 5.78 Å². The van der Waals surface area contributed by atoms with Gasteiger partial charge in [0, 0.05) is 18.4 Å². The van der Waals surface area contributed by atoms with Crippen molar-refractivity contribution in [2.45, 2.75) is 39.5 Å². The van der Waals surface area contributed by atoms with Gasteiger partial charge in [-0.05, 0) is 17.9 Å². The third-order valence-corrected chi connectivity index (χ3v) is 3.02. The van der Waals surface area contributed by atoms with E-state index in [4.69, 9.17) is 5.11 Å². The fourth-order valence-corrected chi connectivity index (χ4v) is 1.80. The Bertz CT molecular complexity index is 349. The van der Waals surface area contributed by atoms with Crippen LogP contribution in [0.5, 0.6) is 0 Å². The first-order valence-electron chi connectivity index (χ1n) is 6.14. The highest BCUT2D eigenvalue weighted by atomic mass is 16.3. The molecule has 2 heteroatoms. The number of carbonyl (C=O) groups excluding carboxylic acids is 1. The minimum Gasteiger partial charge on any atom is -0.396 e. The Morgan fingerprint density at radius 3 is 2.29 bits per heavy atom. The third-order valence-electron chi connectivity index (χ3n) is 3.02. The molecule has 1 rings (SSSR count). The minimum atomic E-state index is -0.303. The molecule has 0 aliphatic heterocycles. The summed E-state index contributed by atoms with van der Waals surface area (Å²) < 4.78 is 0. The molecule has 0 unspecified atom stereocenters. The van der Waals surface area contributed by atoms with Gasteiger partial charge in [0.25, 0.3) is 0 Å². The van der Waals surface area contributed by atoms with Crippen molar-refractivity contribution in [1.29, 1.82) is 0 Å². The van der Waals surface area contributed by atoms with Crippen molar-refractivity contribution < 1.29 is 9.90 Å². The second-order valence-electron chi connectivity index (χ2n) is 5.50. The van der Waals surface area contributed by atoms with Crippen LogP contribution in [0.4, 0.5) is 0 Å². The fraction of sp³-hybridized carbons (Fsp3) is 0.533. The Kier molecular flexibility index (Phi) is 4.88. The molecule has 0 saturated carbocycles. The molecule has 17 heavy (non-hydrogen) atoms. The average Bonchev–Trinajstić information content (AvgIpc) is 2.28. The van der Waals surface area contributed by atoms with Crippen LogP contribution in [0.3, 0.4) is 0 Å². The normalized spacial score (nSPS) is 13.4. The SMILES string of the molecule is CC(C)(C)C(=O)C[C@@H](CCO)c1ccccc1. The van der Waals surface area contributed by atoms with E-state index in [1.54, 1.807) is 0 Å². The van der Waals surface area contributed by atoms with Crippen LogP contribution >= 0.6 is 0 Å². The lowest BCUT2D eigenvalue weighted by Gasteiger charge is -2.22. The Morgan fingerprint density at radius 1 is 1.24 bits per heavy atom. The maximum absolute atomic E-state index is 12.0. The molecule has 0 radical (unpaired) electrons. The van der Waals surface area contributed by atoms with Crippen LogP contribution in [0.2, 0.25) is 0 Å². The second-order valence-corrected chi connectivity index (χ2v) is 5.50. The topological polar surface area (TPSA) is 37.3 Å². The number of Topliss-reactive ketones (excluding diaryl/α,β-unsaturated/α-hetero) is 1. The highest BCUT2D eigenvalue weighted by Crippen LogP contribution is 2.28. The number of aliphatic hydroxyl groups excluding tert-OH is 1. The summed E-state index contributed by atoms with van der Waals surface area (Å²) in [4.78, 5) is 12.0. The standard InChI is InChI=1S/C15H22O2/c1-15(2,3)14(17)11-13(9-10-16)12-7-5-4-6-8-12/h4-8,13,16H,9-11H2,1-3H3/t13-/m1/s1. The number of hydrogen-bond donors (Lipinski definition) is 1. The van der Waals surface area contributed by atoms with Gasteiger partial charge in [-0.25, -0.2) is 0 Å². The number of rotatable bonds is 5. The van der Waals surface area contributed by atoms with Crippen LogP contribution in [0.25, 0.3) is 0 Å². The molecule has 0 bridgehead atoms. The number of hydrogen-bond acceptors (Lipinski definition) is 2. The summed E-state index contributed by atoms with van der Waals surface area (Å²) in [6, 6.07) is 9.96. The third kappa shape index (κ3) is 4.31. The Hall–Kier alpha value is -1.15. The van der Waals surface area contributed by atoms with E-state index in [0.717, 1.165) is 5.56 Å². The van der Waals surface area contributed by atoms with Gasteiger partial charge in [-0.2, -0.15) is 0 Å². The van der Waals surface area contributed by atoms with Gasteiger partial charge >= 0.3 is 0 Å². The van der Waals surface area contributed by atoms with Crippen molar-refractivity contribution in [3.05, 3.63) is 35.9 Å². The van der Waals surface area contributed by atoms with Gasteiger partial charge in [-0.1, -0.05) is 51.1 Å². The molecule has 0 amide bonds. The summed E-state index contributed by atoms with van der Waals surface area (Å²) in [7, 11) is 0. The van der Waals surface area contributed by atoms with Gasteiger partial charge in [-0.15, -0.1) is 0 Å². The molecular weight excluding hydrogens is 212 g/mol. The molecule has 0 aliphatic rings. The number of benzene rings is 1. The van der Waals surface area contributed by atoms with Crippen molar-refractivity contribution in [2.75, 3.05) is 6.61 Å². The van der Waals surface area contributed by atoms with E-state index in [9.17, 15) is 4.79 Å². The van der Waals surface area contributed by atoms with Gasteiger partial charge in [0.1, 0.15) is 5.78 Å². The molecule has 0 heterocycles. The van der Waals surface area contributed by atoms with E-state index >= 15 is 0 Å². The summed E-state index contributed by atoms with van der Waals surface area (Å²) in [6.07, 6.45) is 1.15. The molecule has 1 aromatic carbocycles. The van der Waals surface area contributed by atoms with Crippen molar-refractivity contribution in [1.82, 2.24) is 0 Å². The Labute approximate surface area is 104 Å². The zero-order valence-electron chi connectivity index (χ0n) is 10.9. The lowest BCUT2D eigenvalue weighted by Crippen LogP contribution is -2.22. The monoisotopic (exact) mass is 234 g/mol. The van der Waals surface area contributed by atoms with Crippen LogP contribution < -0.4 is 0 Å². The molecule has 0 aliphatic carbocycles. The molecule has 0 spiro atoms. The first kappa shape index (κ1) is 13.9. The number of carbonyl (C=O) groups is 1. The first-order chi connectivity index (χ1) is 7.95. The summed E-state index contributed by atoms with van der Waals surface area (Å²) in [5.74, 6) is 0.382. The summed E-state index contributed by atoms with van der Waals surface area (Å²) >= 11 is 0. The second kappa shape index (κ2) is 5.97. The average molecular weight is 234 g/mol. The van der Waals surface area contributed by atoms with Crippen molar-refractivity contribution in [3.8, 4) is 0 Å². The fourth-order valence-electron chi connectivity index (χ4n) is 1.80. The van der Waals surface area contributed by atoms with E-state index < -0.39 is 0 Å². The minimum absolute atomic E-state index is 0.122. The lowest BCUT2D eigenvalue weighted by atomic mass is 9.82. The zero-order valence-corrected chi connectivity index (χ0v) is 10.9. The van der Waals surface area contributed by atoms with Gasteiger partial charge in [0.2, 0.25) is 0 Å². The largest absolute Gasteiger partial charge is 0.396 e. The van der Waals surface area contributed by atoms with Gasteiger partial charge < -0.3 is 5.11 Å². The Balaban J connectivity index is 2.78. The number of ketones is 1. The van der Waals surface area contributed by atoms with Crippen molar-refractivity contribution in [2.24, 2.45) is 5.41 Å². The highest BCUT2D eigenvalue weighted by molar-refractivity contribution is 5.84. The number of aliphatic hydroxyl groups is 1. The van der Waals surface area contributed by atoms with Crippen LogP contribution in [0.1, 0.15) is 45.1 Å². The van der Waals surface area contributed by atoms with Crippen LogP contribution in [0.15, 0.2) is 30.3 Å². The van der Waals surface area contributed by atoms with E-state index in [2.05, 4.69) is 0 Å². The van der Waals surface area contributed by atoms with Crippen LogP contribution in [-0.2, 0) is 4.79 Å². The maximum Gasteiger partial charge on any atom is 0.138 e. The van der Waals surface area contributed by atoms with Crippen LogP contribution in [0, 0.1) is 5.41 Å². The van der Waals surface area contributed by atoms with Gasteiger partial charge in [0.05, 0.1) is 0 Å². The maximum atomic E-state index is 12.0. The predicted molar refractivity (Wildman–Crippen MR) is 70.0 cm³/mol. The summed E-state index contributed by atoms with van der Waals surface area (Å²) in [5, 5.41) is 9.10. The van der Waals surface area contributed by atoms with E-state index in [0.29, 0.717) is 12.8 Å². The molecule has 94 valence electrons. The molecule has 2 nitrogen and oxygen atoms in total. The molecule has 0 fully saturated rings. The van der Waals surface area contributed by atoms with E-state index in [1.807, 2.05) is 51.1 Å². The summed E-state index contributed by atoms with van der Waals surface area (Å²) in [6.45, 7) is 5.94. The first-order valence-corrected chi connectivity index (χ1v) is 6.14. The smallest absolute Gasteiger partial charge is 0.138 e. The quantitative estimate of drug-likeness (QED) is 0.849. The molecule has 0 saturated heterocycles. The molecule has 0 aromatic heterocycles. The van der Waals surface area contributed by atoms with E-state index in [-0.39, 0.29) is 23.7 Å². The zero-order chi connectivity index (χ0) is 12.9. The summed E-state index contributed by atoms with van der Waals surface area (Å²) in [5.41, 5.74) is 0.835. The molecule has 1 atom stereocenters.